The molecule has 1 saturated heterocycles. The van der Waals surface area contributed by atoms with Gasteiger partial charge in [-0.2, -0.15) is 0 Å². The number of aliphatic hydroxyl groups excluding tert-OH is 1. The fourth-order valence-electron chi connectivity index (χ4n) is 4.74. The molecule has 208 valence electrons. The highest BCUT2D eigenvalue weighted by Gasteiger charge is 2.44. The molecule has 2 aliphatic heterocycles. The van der Waals surface area contributed by atoms with Crippen molar-refractivity contribution in [2.24, 2.45) is 17.8 Å². The Hall–Kier alpha value is -2.22. The van der Waals surface area contributed by atoms with Crippen LogP contribution < -0.4 is 0 Å². The minimum atomic E-state index is -1.27. The molecule has 0 aliphatic carbocycles. The molecule has 0 spiro atoms. The largest absolute Gasteiger partial charge is 0.455 e. The summed E-state index contributed by atoms with van der Waals surface area (Å²) >= 11 is 0. The van der Waals surface area contributed by atoms with Gasteiger partial charge >= 0.3 is 11.9 Å². The van der Waals surface area contributed by atoms with Crippen LogP contribution in [0.5, 0.6) is 0 Å². The first-order valence-corrected chi connectivity index (χ1v) is 13.5. The molecule has 0 aromatic heterocycles. The third kappa shape index (κ3) is 9.87. The van der Waals surface area contributed by atoms with E-state index in [1.54, 1.807) is 19.1 Å². The molecule has 0 radical (unpaired) electrons. The summed E-state index contributed by atoms with van der Waals surface area (Å²) in [4.78, 5) is 24.1. The second-order valence-electron chi connectivity index (χ2n) is 10.9. The Kier molecular flexibility index (Phi) is 11.8. The minimum absolute atomic E-state index is 0.121. The van der Waals surface area contributed by atoms with Gasteiger partial charge in [-0.25, -0.2) is 4.79 Å². The molecule has 0 aromatic rings. The smallest absolute Gasteiger partial charge is 0.331 e. The van der Waals surface area contributed by atoms with Crippen LogP contribution >= 0.6 is 0 Å². The van der Waals surface area contributed by atoms with Gasteiger partial charge in [-0.15, -0.1) is 0 Å². The predicted molar refractivity (Wildman–Crippen MR) is 144 cm³/mol. The molecule has 7 nitrogen and oxygen atoms in total. The summed E-state index contributed by atoms with van der Waals surface area (Å²) in [7, 11) is 0. The Labute approximate surface area is 222 Å². The summed E-state index contributed by atoms with van der Waals surface area (Å²) in [5.41, 5.74) is -0.402. The fourth-order valence-corrected chi connectivity index (χ4v) is 4.74. The van der Waals surface area contributed by atoms with Gasteiger partial charge in [-0.3, -0.25) is 4.79 Å². The van der Waals surface area contributed by atoms with Crippen LogP contribution in [0.15, 0.2) is 48.1 Å². The first-order valence-electron chi connectivity index (χ1n) is 13.5. The molecule has 0 aromatic carbocycles. The molecule has 9 atom stereocenters. The van der Waals surface area contributed by atoms with Gasteiger partial charge in [0.05, 0.1) is 18.3 Å². The number of rotatable bonds is 9. The van der Waals surface area contributed by atoms with Gasteiger partial charge in [0.15, 0.2) is 0 Å². The molecule has 0 saturated carbocycles. The monoisotopic (exact) mass is 518 g/mol. The van der Waals surface area contributed by atoms with E-state index >= 15 is 0 Å². The van der Waals surface area contributed by atoms with E-state index in [0.717, 1.165) is 18.4 Å². The molecule has 2 rings (SSSR count). The standard InChI is InChI=1S/C30H46O7/c1-8-24(32)22(5)29-25(36-29)18-19(2)12-11-13-20(3)28-21(4)15-16-26(35-23(6)31)30(7,34)17-10-9-14-27(33)37-28/h9,11-16,19,21-22,24-26,28-29,32,34H,8,10,17-18H2,1-7H3. The fraction of sp³-hybridized carbons (Fsp3) is 0.667. The summed E-state index contributed by atoms with van der Waals surface area (Å²) < 4.78 is 17.0. The van der Waals surface area contributed by atoms with Crippen LogP contribution in [0.2, 0.25) is 0 Å². The molecule has 9 unspecified atom stereocenters. The number of carbonyl (C=O) groups is 2. The second-order valence-corrected chi connectivity index (χ2v) is 10.9. The van der Waals surface area contributed by atoms with Gasteiger partial charge in [-0.1, -0.05) is 58.1 Å². The van der Waals surface area contributed by atoms with Crippen molar-refractivity contribution in [2.45, 2.75) is 110 Å². The Morgan fingerprint density at radius 2 is 2.00 bits per heavy atom. The van der Waals surface area contributed by atoms with E-state index in [1.807, 2.05) is 45.9 Å². The van der Waals surface area contributed by atoms with E-state index in [0.29, 0.717) is 12.8 Å². The van der Waals surface area contributed by atoms with E-state index in [4.69, 9.17) is 14.2 Å². The predicted octanol–water partition coefficient (Wildman–Crippen LogP) is 4.83. The molecular formula is C30H46O7. The number of hydrogen-bond acceptors (Lipinski definition) is 7. The van der Waals surface area contributed by atoms with E-state index in [1.165, 1.54) is 13.0 Å². The van der Waals surface area contributed by atoms with Crippen molar-refractivity contribution in [2.75, 3.05) is 0 Å². The average molecular weight is 519 g/mol. The zero-order valence-corrected chi connectivity index (χ0v) is 23.4. The van der Waals surface area contributed by atoms with E-state index < -0.39 is 29.7 Å². The SMILES string of the molecule is CCC(O)C(C)C1OC1CC(C)C=CC=C(C)C1OC(=O)C=CCCC(C)(O)C(OC(C)=O)C=CC1C. The van der Waals surface area contributed by atoms with Crippen molar-refractivity contribution in [3.05, 3.63) is 48.1 Å². The zero-order chi connectivity index (χ0) is 27.8. The number of allylic oxidation sites excluding steroid dienone is 4. The highest BCUT2D eigenvalue weighted by molar-refractivity contribution is 5.82. The minimum Gasteiger partial charge on any atom is -0.455 e. The van der Waals surface area contributed by atoms with Gasteiger partial charge in [0.2, 0.25) is 0 Å². The Bertz CT molecular complexity index is 884. The quantitative estimate of drug-likeness (QED) is 0.195. The summed E-state index contributed by atoms with van der Waals surface area (Å²) in [6.45, 7) is 12.9. The number of hydrogen-bond donors (Lipinski definition) is 2. The van der Waals surface area contributed by atoms with Gasteiger partial charge in [0.1, 0.15) is 17.8 Å². The number of aliphatic hydroxyl groups is 2. The average Bonchev–Trinajstić information content (AvgIpc) is 3.59. The van der Waals surface area contributed by atoms with Gasteiger partial charge in [0, 0.05) is 24.8 Å². The normalized spacial score (nSPS) is 33.7. The van der Waals surface area contributed by atoms with E-state index in [2.05, 4.69) is 13.0 Å². The first-order chi connectivity index (χ1) is 17.4. The van der Waals surface area contributed by atoms with Crippen LogP contribution in [0.25, 0.3) is 0 Å². The molecule has 0 amide bonds. The van der Waals surface area contributed by atoms with Gasteiger partial charge < -0.3 is 24.4 Å². The van der Waals surface area contributed by atoms with Crippen molar-refractivity contribution in [3.63, 3.8) is 0 Å². The van der Waals surface area contributed by atoms with Crippen LogP contribution in [0.3, 0.4) is 0 Å². The number of epoxide rings is 1. The van der Waals surface area contributed by atoms with Crippen LogP contribution in [0, 0.1) is 17.8 Å². The number of cyclic esters (lactones) is 1. The number of ether oxygens (including phenoxy) is 3. The summed E-state index contributed by atoms with van der Waals surface area (Å²) in [6.07, 6.45) is 13.6. The topological polar surface area (TPSA) is 106 Å². The van der Waals surface area contributed by atoms with Crippen molar-refractivity contribution in [3.8, 4) is 0 Å². The molecule has 37 heavy (non-hydrogen) atoms. The van der Waals surface area contributed by atoms with Gasteiger partial charge in [-0.05, 0) is 57.1 Å². The molecule has 2 aliphatic rings. The van der Waals surface area contributed by atoms with Crippen LogP contribution in [0.4, 0.5) is 0 Å². The third-order valence-electron chi connectivity index (χ3n) is 7.30. The Morgan fingerprint density at radius 1 is 1.30 bits per heavy atom. The van der Waals surface area contributed by atoms with E-state index in [-0.39, 0.29) is 36.1 Å². The molecule has 1 fully saturated rings. The van der Waals surface area contributed by atoms with Gasteiger partial charge in [0.25, 0.3) is 0 Å². The Morgan fingerprint density at radius 3 is 2.65 bits per heavy atom. The zero-order valence-electron chi connectivity index (χ0n) is 23.4. The lowest BCUT2D eigenvalue weighted by atomic mass is 9.90. The Balaban J connectivity index is 2.10. The second kappa shape index (κ2) is 14.1. The maximum absolute atomic E-state index is 12.5. The van der Waals surface area contributed by atoms with Crippen molar-refractivity contribution in [1.29, 1.82) is 0 Å². The van der Waals surface area contributed by atoms with Crippen LogP contribution in [-0.2, 0) is 23.8 Å². The lowest BCUT2D eigenvalue weighted by molar-refractivity contribution is -0.156. The number of esters is 2. The maximum atomic E-state index is 12.5. The lowest BCUT2D eigenvalue weighted by Crippen LogP contribution is -2.41. The van der Waals surface area contributed by atoms with Crippen LogP contribution in [-0.4, -0.2) is 58.3 Å². The highest BCUT2D eigenvalue weighted by atomic mass is 16.6. The maximum Gasteiger partial charge on any atom is 0.331 e. The first kappa shape index (κ1) is 31.0. The third-order valence-corrected chi connectivity index (χ3v) is 7.30. The summed E-state index contributed by atoms with van der Waals surface area (Å²) in [5, 5.41) is 20.9. The molecule has 2 N–H and O–H groups in total. The summed E-state index contributed by atoms with van der Waals surface area (Å²) in [6, 6.07) is 0. The van der Waals surface area contributed by atoms with Crippen LogP contribution in [0.1, 0.15) is 74.1 Å². The van der Waals surface area contributed by atoms with Crippen molar-refractivity contribution >= 4 is 11.9 Å². The summed E-state index contributed by atoms with van der Waals surface area (Å²) in [5.74, 6) is -0.706. The molecule has 0 bridgehead atoms. The lowest BCUT2D eigenvalue weighted by Gasteiger charge is -2.31. The highest BCUT2D eigenvalue weighted by Crippen LogP contribution is 2.36. The van der Waals surface area contributed by atoms with Crippen molar-refractivity contribution in [1.82, 2.24) is 0 Å². The molecule has 2 heterocycles. The molecule has 7 heteroatoms. The van der Waals surface area contributed by atoms with Crippen molar-refractivity contribution < 1.29 is 34.0 Å². The number of carbonyl (C=O) groups excluding carboxylic acids is 2. The molecular weight excluding hydrogens is 472 g/mol. The van der Waals surface area contributed by atoms with E-state index in [9.17, 15) is 19.8 Å².